The third-order valence-electron chi connectivity index (χ3n) is 2.58. The van der Waals surface area contributed by atoms with Gasteiger partial charge in [-0.1, -0.05) is 29.8 Å². The molecular formula is C14H16N2OS. The molecule has 0 aliphatic rings. The summed E-state index contributed by atoms with van der Waals surface area (Å²) in [6.07, 6.45) is 1.65. The van der Waals surface area contributed by atoms with E-state index in [9.17, 15) is 0 Å². The summed E-state index contributed by atoms with van der Waals surface area (Å²) in [6.45, 7) is 3.41. The average Bonchev–Trinajstić information content (AvgIpc) is 2.89. The maximum atomic E-state index is 5.21. The number of hydrogen-bond donors (Lipinski definition) is 2. The van der Waals surface area contributed by atoms with Crippen LogP contribution in [0.15, 0.2) is 47.1 Å². The number of hydrogen-bond acceptors (Lipinski definition) is 2. The Morgan fingerprint density at radius 3 is 2.50 bits per heavy atom. The summed E-state index contributed by atoms with van der Waals surface area (Å²) in [7, 11) is 0. The summed E-state index contributed by atoms with van der Waals surface area (Å²) in [5.41, 5.74) is 2.47. The molecule has 0 bridgehead atoms. The van der Waals surface area contributed by atoms with Crippen molar-refractivity contribution in [1.82, 2.24) is 10.6 Å². The van der Waals surface area contributed by atoms with Crippen molar-refractivity contribution < 1.29 is 4.42 Å². The van der Waals surface area contributed by atoms with Crippen LogP contribution < -0.4 is 10.6 Å². The van der Waals surface area contributed by atoms with Gasteiger partial charge in [-0.05, 0) is 36.8 Å². The lowest BCUT2D eigenvalue weighted by atomic mass is 10.1. The average molecular weight is 260 g/mol. The first-order chi connectivity index (χ1) is 8.74. The molecule has 1 heterocycles. The van der Waals surface area contributed by atoms with Gasteiger partial charge in [0.05, 0.1) is 12.8 Å². The van der Waals surface area contributed by atoms with E-state index < -0.39 is 0 Å². The Kier molecular flexibility index (Phi) is 4.36. The fourth-order valence-corrected chi connectivity index (χ4v) is 1.68. The number of aryl methyl sites for hydroxylation is 1. The van der Waals surface area contributed by atoms with Crippen molar-refractivity contribution in [3.63, 3.8) is 0 Å². The summed E-state index contributed by atoms with van der Waals surface area (Å²) < 4.78 is 5.21. The van der Waals surface area contributed by atoms with Crippen LogP contribution in [-0.4, -0.2) is 5.11 Å². The van der Waals surface area contributed by atoms with Gasteiger partial charge >= 0.3 is 0 Å². The maximum absolute atomic E-state index is 5.21. The Balaban J connectivity index is 1.73. The molecule has 18 heavy (non-hydrogen) atoms. The number of thiocarbonyl (C=S) groups is 1. The second-order valence-corrected chi connectivity index (χ2v) is 4.51. The van der Waals surface area contributed by atoms with Crippen LogP contribution in [0.1, 0.15) is 16.9 Å². The molecule has 0 saturated heterocycles. The van der Waals surface area contributed by atoms with Crippen LogP contribution in [0.25, 0.3) is 0 Å². The Labute approximate surface area is 112 Å². The Morgan fingerprint density at radius 2 is 1.83 bits per heavy atom. The second kappa shape index (κ2) is 6.21. The molecule has 2 N–H and O–H groups in total. The van der Waals surface area contributed by atoms with E-state index in [1.165, 1.54) is 11.1 Å². The fourth-order valence-electron chi connectivity index (χ4n) is 1.53. The molecule has 3 nitrogen and oxygen atoms in total. The zero-order valence-corrected chi connectivity index (χ0v) is 11.1. The first-order valence-corrected chi connectivity index (χ1v) is 6.24. The van der Waals surface area contributed by atoms with E-state index in [2.05, 4.69) is 41.8 Å². The monoisotopic (exact) mass is 260 g/mol. The summed E-state index contributed by atoms with van der Waals surface area (Å²) in [5.74, 6) is 0.870. The van der Waals surface area contributed by atoms with Crippen LogP contribution in [0.2, 0.25) is 0 Å². The third-order valence-corrected chi connectivity index (χ3v) is 2.87. The quantitative estimate of drug-likeness (QED) is 0.829. The maximum Gasteiger partial charge on any atom is 0.166 e. The number of nitrogens with one attached hydrogen (secondary N) is 2. The van der Waals surface area contributed by atoms with E-state index >= 15 is 0 Å². The highest BCUT2D eigenvalue weighted by atomic mass is 32.1. The highest BCUT2D eigenvalue weighted by Crippen LogP contribution is 2.02. The molecule has 94 valence electrons. The van der Waals surface area contributed by atoms with E-state index in [1.807, 2.05) is 12.1 Å². The highest BCUT2D eigenvalue weighted by molar-refractivity contribution is 7.80. The molecule has 4 heteroatoms. The highest BCUT2D eigenvalue weighted by Gasteiger charge is 1.98. The van der Waals surface area contributed by atoms with Crippen LogP contribution in [0.4, 0.5) is 0 Å². The van der Waals surface area contributed by atoms with E-state index in [-0.39, 0.29) is 0 Å². The van der Waals surface area contributed by atoms with Crippen LogP contribution >= 0.6 is 12.2 Å². The van der Waals surface area contributed by atoms with Gasteiger partial charge in [-0.25, -0.2) is 0 Å². The number of benzene rings is 1. The van der Waals surface area contributed by atoms with Gasteiger partial charge in [-0.15, -0.1) is 0 Å². The summed E-state index contributed by atoms with van der Waals surface area (Å²) >= 11 is 5.19. The Morgan fingerprint density at radius 1 is 1.11 bits per heavy atom. The van der Waals surface area contributed by atoms with Gasteiger partial charge < -0.3 is 15.1 Å². The summed E-state index contributed by atoms with van der Waals surface area (Å²) in [6, 6.07) is 12.1. The molecule has 0 radical (unpaired) electrons. The van der Waals surface area contributed by atoms with E-state index in [0.29, 0.717) is 11.7 Å². The number of furan rings is 1. The van der Waals surface area contributed by atoms with Crippen LogP contribution in [0.5, 0.6) is 0 Å². The lowest BCUT2D eigenvalue weighted by molar-refractivity contribution is 0.502. The SMILES string of the molecule is Cc1ccc(CNC(=S)NCc2ccco2)cc1. The molecule has 0 fully saturated rings. The molecule has 0 unspecified atom stereocenters. The first kappa shape index (κ1) is 12.6. The second-order valence-electron chi connectivity index (χ2n) is 4.10. The topological polar surface area (TPSA) is 37.2 Å². The smallest absolute Gasteiger partial charge is 0.166 e. The van der Waals surface area contributed by atoms with Crippen molar-refractivity contribution in [2.75, 3.05) is 0 Å². The zero-order chi connectivity index (χ0) is 12.8. The van der Waals surface area contributed by atoms with Crippen LogP contribution in [0.3, 0.4) is 0 Å². The molecule has 0 aliphatic carbocycles. The lowest BCUT2D eigenvalue weighted by Crippen LogP contribution is -2.34. The van der Waals surface area contributed by atoms with Gasteiger partial charge in [0, 0.05) is 6.54 Å². The molecule has 0 spiro atoms. The zero-order valence-electron chi connectivity index (χ0n) is 10.3. The van der Waals surface area contributed by atoms with Crippen LogP contribution in [0, 0.1) is 6.92 Å². The van der Waals surface area contributed by atoms with Gasteiger partial charge in [0.15, 0.2) is 5.11 Å². The normalized spacial score (nSPS) is 10.1. The van der Waals surface area contributed by atoms with E-state index in [4.69, 9.17) is 16.6 Å². The van der Waals surface area contributed by atoms with Crippen molar-refractivity contribution in [1.29, 1.82) is 0 Å². The van der Waals surface area contributed by atoms with Gasteiger partial charge in [0.25, 0.3) is 0 Å². The van der Waals surface area contributed by atoms with Crippen molar-refractivity contribution in [3.05, 3.63) is 59.5 Å². The molecule has 2 rings (SSSR count). The molecule has 0 atom stereocenters. The van der Waals surface area contributed by atoms with E-state index in [1.54, 1.807) is 6.26 Å². The summed E-state index contributed by atoms with van der Waals surface area (Å²) in [5, 5.41) is 6.88. The van der Waals surface area contributed by atoms with Gasteiger partial charge in [0.2, 0.25) is 0 Å². The minimum absolute atomic E-state index is 0.604. The standard InChI is InChI=1S/C14H16N2OS/c1-11-4-6-12(7-5-11)9-15-14(18)16-10-13-3-2-8-17-13/h2-8H,9-10H2,1H3,(H2,15,16,18). The molecule has 2 aromatic rings. The predicted molar refractivity (Wildman–Crippen MR) is 76.2 cm³/mol. The predicted octanol–water partition coefficient (Wildman–Crippen LogP) is 2.75. The van der Waals surface area contributed by atoms with Crippen molar-refractivity contribution >= 4 is 17.3 Å². The lowest BCUT2D eigenvalue weighted by Gasteiger charge is -2.09. The Hall–Kier alpha value is -1.81. The van der Waals surface area contributed by atoms with Crippen molar-refractivity contribution in [2.45, 2.75) is 20.0 Å². The molecule has 0 amide bonds. The van der Waals surface area contributed by atoms with Crippen molar-refractivity contribution in [3.8, 4) is 0 Å². The Bertz CT molecular complexity index is 491. The molecule has 0 saturated carbocycles. The minimum atomic E-state index is 0.604. The molecule has 0 aliphatic heterocycles. The third kappa shape index (κ3) is 3.89. The summed E-state index contributed by atoms with van der Waals surface area (Å²) in [4.78, 5) is 0. The van der Waals surface area contributed by atoms with E-state index in [0.717, 1.165) is 12.3 Å². The molecule has 1 aromatic heterocycles. The largest absolute Gasteiger partial charge is 0.467 e. The minimum Gasteiger partial charge on any atom is -0.467 e. The first-order valence-electron chi connectivity index (χ1n) is 5.83. The number of rotatable bonds is 4. The van der Waals surface area contributed by atoms with Crippen LogP contribution in [-0.2, 0) is 13.1 Å². The molecular weight excluding hydrogens is 244 g/mol. The molecule has 1 aromatic carbocycles. The van der Waals surface area contributed by atoms with Gasteiger partial charge in [0.1, 0.15) is 5.76 Å². The fraction of sp³-hybridized carbons (Fsp3) is 0.214. The van der Waals surface area contributed by atoms with Crippen molar-refractivity contribution in [2.24, 2.45) is 0 Å². The van der Waals surface area contributed by atoms with Gasteiger partial charge in [-0.3, -0.25) is 0 Å². The van der Waals surface area contributed by atoms with Gasteiger partial charge in [-0.2, -0.15) is 0 Å².